The minimum atomic E-state index is 0.720. The van der Waals surface area contributed by atoms with Gasteiger partial charge in [0, 0.05) is 29.7 Å². The van der Waals surface area contributed by atoms with Crippen LogP contribution in [0.2, 0.25) is 0 Å². The first kappa shape index (κ1) is 12.6. The lowest BCUT2D eigenvalue weighted by atomic mass is 10.2. The Kier molecular flexibility index (Phi) is 2.89. The van der Waals surface area contributed by atoms with E-state index in [2.05, 4.69) is 26.6 Å². The van der Waals surface area contributed by atoms with E-state index >= 15 is 0 Å². The Balaban J connectivity index is 1.62. The van der Waals surface area contributed by atoms with E-state index in [1.165, 1.54) is 0 Å². The SMILES string of the molecule is Cn1c(NN=Cc2c[nH]c3ccccc23)nc2ccccc21. The standard InChI is InChI=1S/C17H15N5/c1-22-16-9-5-4-8-15(16)20-17(22)21-19-11-12-10-18-14-7-3-2-6-13(12)14/h2-11,18H,1H3,(H,20,21). The van der Waals surface area contributed by atoms with E-state index < -0.39 is 0 Å². The van der Waals surface area contributed by atoms with Crippen LogP contribution in [0.1, 0.15) is 5.56 Å². The van der Waals surface area contributed by atoms with E-state index in [0.29, 0.717) is 0 Å². The number of benzene rings is 2. The van der Waals surface area contributed by atoms with Crippen molar-refractivity contribution in [3.63, 3.8) is 0 Å². The molecule has 0 fully saturated rings. The van der Waals surface area contributed by atoms with Crippen molar-refractivity contribution in [2.75, 3.05) is 5.43 Å². The molecule has 0 unspecified atom stereocenters. The second-order valence-electron chi connectivity index (χ2n) is 5.14. The summed E-state index contributed by atoms with van der Waals surface area (Å²) in [4.78, 5) is 7.75. The summed E-state index contributed by atoms with van der Waals surface area (Å²) in [6.45, 7) is 0. The Morgan fingerprint density at radius 1 is 1.14 bits per heavy atom. The fourth-order valence-electron chi connectivity index (χ4n) is 2.61. The maximum Gasteiger partial charge on any atom is 0.224 e. The summed E-state index contributed by atoms with van der Waals surface area (Å²) in [5, 5.41) is 5.46. The number of para-hydroxylation sites is 3. The lowest BCUT2D eigenvalue weighted by molar-refractivity contribution is 0.943. The molecule has 4 aromatic rings. The number of aromatic nitrogens is 3. The van der Waals surface area contributed by atoms with Gasteiger partial charge in [-0.3, -0.25) is 0 Å². The molecule has 22 heavy (non-hydrogen) atoms. The fraction of sp³-hybridized carbons (Fsp3) is 0.0588. The Morgan fingerprint density at radius 3 is 2.86 bits per heavy atom. The zero-order valence-electron chi connectivity index (χ0n) is 12.1. The quantitative estimate of drug-likeness (QED) is 0.448. The maximum atomic E-state index is 4.52. The van der Waals surface area contributed by atoms with Crippen LogP contribution in [0.5, 0.6) is 0 Å². The van der Waals surface area contributed by atoms with Crippen LogP contribution in [0.25, 0.3) is 21.9 Å². The third-order valence-electron chi connectivity index (χ3n) is 3.78. The molecule has 2 aromatic heterocycles. The molecule has 0 atom stereocenters. The molecule has 0 aliphatic rings. The summed E-state index contributed by atoms with van der Waals surface area (Å²) in [5.41, 5.74) is 7.19. The Labute approximate surface area is 127 Å². The van der Waals surface area contributed by atoms with Crippen LogP contribution in [-0.4, -0.2) is 20.7 Å². The molecule has 2 N–H and O–H groups in total. The zero-order chi connectivity index (χ0) is 14.9. The summed E-state index contributed by atoms with van der Waals surface area (Å²) in [5.74, 6) is 0.720. The van der Waals surface area contributed by atoms with E-state index in [9.17, 15) is 0 Å². The molecule has 0 saturated carbocycles. The summed E-state index contributed by atoms with van der Waals surface area (Å²) < 4.78 is 1.99. The Bertz CT molecular complexity index is 977. The largest absolute Gasteiger partial charge is 0.361 e. The van der Waals surface area contributed by atoms with Gasteiger partial charge in [0.25, 0.3) is 0 Å². The summed E-state index contributed by atoms with van der Waals surface area (Å²) in [6.07, 6.45) is 3.75. The number of nitrogens with zero attached hydrogens (tertiary/aromatic N) is 3. The molecule has 0 aliphatic heterocycles. The molecular formula is C17H15N5. The van der Waals surface area contributed by atoms with Gasteiger partial charge in [-0.1, -0.05) is 30.3 Å². The fourth-order valence-corrected chi connectivity index (χ4v) is 2.61. The van der Waals surface area contributed by atoms with E-state index in [-0.39, 0.29) is 0 Å². The van der Waals surface area contributed by atoms with E-state index in [4.69, 9.17) is 0 Å². The van der Waals surface area contributed by atoms with Gasteiger partial charge >= 0.3 is 0 Å². The molecule has 0 bridgehead atoms. The first-order valence-electron chi connectivity index (χ1n) is 7.09. The topological polar surface area (TPSA) is 58.0 Å². The number of hydrogen-bond acceptors (Lipinski definition) is 3. The molecule has 2 heterocycles. The van der Waals surface area contributed by atoms with Gasteiger partial charge in [-0.2, -0.15) is 5.10 Å². The molecule has 0 amide bonds. The summed E-state index contributed by atoms with van der Waals surface area (Å²) >= 11 is 0. The average Bonchev–Trinajstić information content (AvgIpc) is 3.10. The molecule has 0 spiro atoms. The number of anilines is 1. The third kappa shape index (κ3) is 2.03. The normalized spacial score (nSPS) is 11.7. The van der Waals surface area contributed by atoms with Crippen molar-refractivity contribution < 1.29 is 0 Å². The number of nitrogens with one attached hydrogen (secondary N) is 2. The number of H-pyrrole nitrogens is 1. The van der Waals surface area contributed by atoms with Crippen molar-refractivity contribution in [3.8, 4) is 0 Å². The van der Waals surface area contributed by atoms with Crippen molar-refractivity contribution in [1.29, 1.82) is 0 Å². The molecule has 2 aromatic carbocycles. The molecule has 4 rings (SSSR count). The van der Waals surface area contributed by atoms with Crippen LogP contribution in [0.15, 0.2) is 59.8 Å². The number of hydrazone groups is 1. The van der Waals surface area contributed by atoms with Crippen molar-refractivity contribution in [3.05, 3.63) is 60.3 Å². The first-order valence-corrected chi connectivity index (χ1v) is 7.09. The van der Waals surface area contributed by atoms with Gasteiger partial charge in [0.15, 0.2) is 0 Å². The molecule has 0 aliphatic carbocycles. The summed E-state index contributed by atoms with van der Waals surface area (Å²) in [6, 6.07) is 16.2. The number of aromatic amines is 1. The molecule has 5 nitrogen and oxygen atoms in total. The molecular weight excluding hydrogens is 274 g/mol. The average molecular weight is 289 g/mol. The van der Waals surface area contributed by atoms with Crippen molar-refractivity contribution in [2.45, 2.75) is 0 Å². The van der Waals surface area contributed by atoms with Gasteiger partial charge in [-0.05, 0) is 18.2 Å². The Morgan fingerprint density at radius 2 is 1.95 bits per heavy atom. The third-order valence-corrected chi connectivity index (χ3v) is 3.78. The highest BCUT2D eigenvalue weighted by molar-refractivity contribution is 5.99. The molecule has 108 valence electrons. The Hall–Kier alpha value is -3.08. The minimum Gasteiger partial charge on any atom is -0.361 e. The lowest BCUT2D eigenvalue weighted by Gasteiger charge is -2.00. The number of imidazole rings is 1. The maximum absolute atomic E-state index is 4.52. The number of rotatable bonds is 3. The molecule has 0 saturated heterocycles. The highest BCUT2D eigenvalue weighted by atomic mass is 15.4. The van der Waals surface area contributed by atoms with E-state index in [0.717, 1.165) is 33.4 Å². The van der Waals surface area contributed by atoms with E-state index in [1.807, 2.05) is 60.3 Å². The summed E-state index contributed by atoms with van der Waals surface area (Å²) in [7, 11) is 1.97. The van der Waals surface area contributed by atoms with Crippen LogP contribution in [-0.2, 0) is 7.05 Å². The number of fused-ring (bicyclic) bond motifs is 2. The predicted molar refractivity (Wildman–Crippen MR) is 90.2 cm³/mol. The van der Waals surface area contributed by atoms with Gasteiger partial charge in [-0.25, -0.2) is 10.4 Å². The lowest BCUT2D eigenvalue weighted by Crippen LogP contribution is -1.98. The van der Waals surface area contributed by atoms with Crippen molar-refractivity contribution >= 4 is 34.1 Å². The molecule has 5 heteroatoms. The van der Waals surface area contributed by atoms with Crippen molar-refractivity contribution in [1.82, 2.24) is 14.5 Å². The zero-order valence-corrected chi connectivity index (χ0v) is 12.1. The first-order chi connectivity index (χ1) is 10.8. The van der Waals surface area contributed by atoms with E-state index in [1.54, 1.807) is 6.21 Å². The van der Waals surface area contributed by atoms with Crippen LogP contribution in [0.4, 0.5) is 5.95 Å². The second kappa shape index (κ2) is 5.04. The smallest absolute Gasteiger partial charge is 0.224 e. The predicted octanol–water partition coefficient (Wildman–Crippen LogP) is 3.50. The van der Waals surface area contributed by atoms with Gasteiger partial charge in [-0.15, -0.1) is 0 Å². The van der Waals surface area contributed by atoms with Crippen LogP contribution in [0, 0.1) is 0 Å². The van der Waals surface area contributed by atoms with Crippen LogP contribution in [0.3, 0.4) is 0 Å². The van der Waals surface area contributed by atoms with Gasteiger partial charge < -0.3 is 9.55 Å². The number of hydrogen-bond donors (Lipinski definition) is 2. The highest BCUT2D eigenvalue weighted by Gasteiger charge is 2.05. The van der Waals surface area contributed by atoms with Gasteiger partial charge in [0.1, 0.15) is 0 Å². The monoisotopic (exact) mass is 289 g/mol. The van der Waals surface area contributed by atoms with Gasteiger partial charge in [0.2, 0.25) is 5.95 Å². The second-order valence-corrected chi connectivity index (χ2v) is 5.14. The molecule has 0 radical (unpaired) electrons. The van der Waals surface area contributed by atoms with Crippen molar-refractivity contribution in [2.24, 2.45) is 12.1 Å². The highest BCUT2D eigenvalue weighted by Crippen LogP contribution is 2.18. The minimum absolute atomic E-state index is 0.720. The number of aryl methyl sites for hydroxylation is 1. The van der Waals surface area contributed by atoms with Crippen LogP contribution >= 0.6 is 0 Å². The van der Waals surface area contributed by atoms with Crippen LogP contribution < -0.4 is 5.43 Å². The van der Waals surface area contributed by atoms with Gasteiger partial charge in [0.05, 0.1) is 17.2 Å².